The van der Waals surface area contributed by atoms with Gasteiger partial charge in [-0.05, 0) is 50.7 Å². The minimum atomic E-state index is 0.167. The Bertz CT molecular complexity index is 307. The van der Waals surface area contributed by atoms with Crippen LogP contribution in [0, 0.1) is 6.92 Å². The van der Waals surface area contributed by atoms with Gasteiger partial charge in [-0.15, -0.1) is 0 Å². The number of benzene rings is 1. The Morgan fingerprint density at radius 1 is 1.21 bits per heavy atom. The molecule has 1 aromatic carbocycles. The molecule has 1 aliphatic rings. The Morgan fingerprint density at radius 3 is 2.14 bits per heavy atom. The molecule has 0 unspecified atom stereocenters. The maximum Gasteiger partial charge on any atom is 0.126 e. The average molecular weight is 190 g/mol. The first-order chi connectivity index (χ1) is 6.61. The highest BCUT2D eigenvalue weighted by atomic mass is 16.1. The predicted octanol–water partition coefficient (Wildman–Crippen LogP) is 3.47. The van der Waals surface area contributed by atoms with Crippen LogP contribution in [0.15, 0.2) is 24.3 Å². The third-order valence-corrected chi connectivity index (χ3v) is 2.21. The molecule has 1 fully saturated rings. The van der Waals surface area contributed by atoms with E-state index in [0.717, 1.165) is 5.92 Å². The van der Waals surface area contributed by atoms with Crippen LogP contribution in [-0.4, -0.2) is 5.78 Å². The lowest BCUT2D eigenvalue weighted by atomic mass is 10.1. The second-order valence-corrected chi connectivity index (χ2v) is 4.04. The highest BCUT2D eigenvalue weighted by Gasteiger charge is 2.24. The van der Waals surface area contributed by atoms with Crippen LogP contribution in [-0.2, 0) is 4.79 Å². The molecule has 14 heavy (non-hydrogen) atoms. The molecule has 0 heterocycles. The monoisotopic (exact) mass is 190 g/mol. The predicted molar refractivity (Wildman–Crippen MR) is 59.5 cm³/mol. The molecule has 1 heteroatoms. The zero-order valence-corrected chi connectivity index (χ0v) is 9.21. The molecule has 1 aromatic rings. The van der Waals surface area contributed by atoms with Gasteiger partial charge in [0.25, 0.3) is 0 Å². The Morgan fingerprint density at radius 2 is 1.71 bits per heavy atom. The van der Waals surface area contributed by atoms with Crippen LogP contribution in [0.2, 0.25) is 0 Å². The Balaban J connectivity index is 0.000000213. The van der Waals surface area contributed by atoms with E-state index in [-0.39, 0.29) is 5.78 Å². The van der Waals surface area contributed by atoms with Gasteiger partial charge < -0.3 is 4.79 Å². The van der Waals surface area contributed by atoms with E-state index in [9.17, 15) is 4.79 Å². The molecule has 0 radical (unpaired) electrons. The molecule has 1 nitrogen and oxygen atoms in total. The molecule has 1 saturated carbocycles. The number of ketones is 1. The summed E-state index contributed by atoms with van der Waals surface area (Å²) in [5.74, 6) is 1.07. The number of Topliss-reactive ketones (excluding diaryl/α,β-unsaturated/α-hetero) is 1. The summed E-state index contributed by atoms with van der Waals surface area (Å²) < 4.78 is 0. The summed E-state index contributed by atoms with van der Waals surface area (Å²) in [5, 5.41) is 0. The normalized spacial score (nSPS) is 14.2. The van der Waals surface area contributed by atoms with Crippen molar-refractivity contribution >= 4 is 5.78 Å². The lowest BCUT2D eigenvalue weighted by Gasteiger charge is -2.00. The van der Waals surface area contributed by atoms with E-state index in [1.807, 2.05) is 0 Å². The van der Waals surface area contributed by atoms with Crippen molar-refractivity contribution in [3.8, 4) is 0 Å². The maximum absolute atomic E-state index is 9.44. The third kappa shape index (κ3) is 3.73. The zero-order valence-electron chi connectivity index (χ0n) is 9.21. The fourth-order valence-corrected chi connectivity index (χ4v) is 1.44. The van der Waals surface area contributed by atoms with Gasteiger partial charge in [-0.1, -0.05) is 24.3 Å². The van der Waals surface area contributed by atoms with Crippen LogP contribution in [0.1, 0.15) is 43.7 Å². The molecule has 0 aliphatic heterocycles. The molecule has 0 aromatic heterocycles. The van der Waals surface area contributed by atoms with Crippen LogP contribution in [0.25, 0.3) is 0 Å². The van der Waals surface area contributed by atoms with Gasteiger partial charge in [-0.3, -0.25) is 0 Å². The number of rotatable bonds is 1. The summed E-state index contributed by atoms with van der Waals surface area (Å²) in [6, 6.07) is 8.71. The van der Waals surface area contributed by atoms with Crippen LogP contribution in [0.4, 0.5) is 0 Å². The fraction of sp³-hybridized carbons (Fsp3) is 0.462. The van der Waals surface area contributed by atoms with E-state index in [0.29, 0.717) is 0 Å². The lowest BCUT2D eigenvalue weighted by molar-refractivity contribution is -0.114. The van der Waals surface area contributed by atoms with Crippen molar-refractivity contribution < 1.29 is 4.79 Å². The van der Waals surface area contributed by atoms with Gasteiger partial charge in [0.1, 0.15) is 5.78 Å². The minimum Gasteiger partial charge on any atom is -0.300 e. The molecular weight excluding hydrogens is 172 g/mol. The standard InChI is InChI=1S/C10H12.C3H6O/c1-8-4-2-3-5-10(8)9-6-7-9;1-3(2)4/h2-5,9H,6-7H2,1H3;1-2H3. The number of hydrogen-bond acceptors (Lipinski definition) is 1. The van der Waals surface area contributed by atoms with E-state index < -0.39 is 0 Å². The van der Waals surface area contributed by atoms with E-state index in [1.165, 1.54) is 32.3 Å². The molecule has 0 N–H and O–H groups in total. The molecule has 76 valence electrons. The van der Waals surface area contributed by atoms with Crippen molar-refractivity contribution in [3.05, 3.63) is 35.4 Å². The molecule has 2 rings (SSSR count). The largest absolute Gasteiger partial charge is 0.300 e. The van der Waals surface area contributed by atoms with Gasteiger partial charge in [0.05, 0.1) is 0 Å². The summed E-state index contributed by atoms with van der Waals surface area (Å²) in [4.78, 5) is 9.44. The van der Waals surface area contributed by atoms with Gasteiger partial charge in [0.15, 0.2) is 0 Å². The molecule has 0 atom stereocenters. The molecular formula is C13H18O. The zero-order chi connectivity index (χ0) is 10.6. The molecule has 0 spiro atoms. The smallest absolute Gasteiger partial charge is 0.126 e. The van der Waals surface area contributed by atoms with Gasteiger partial charge in [-0.25, -0.2) is 0 Å². The highest BCUT2D eigenvalue weighted by Crippen LogP contribution is 2.41. The first kappa shape index (κ1) is 11.0. The van der Waals surface area contributed by atoms with Gasteiger partial charge in [0, 0.05) is 0 Å². The number of carbonyl (C=O) groups excluding carboxylic acids is 1. The van der Waals surface area contributed by atoms with Crippen LogP contribution in [0.3, 0.4) is 0 Å². The summed E-state index contributed by atoms with van der Waals surface area (Å²) in [6.07, 6.45) is 2.82. The first-order valence-electron chi connectivity index (χ1n) is 5.14. The van der Waals surface area contributed by atoms with Crippen molar-refractivity contribution in [2.45, 2.75) is 39.5 Å². The number of hydrogen-bond donors (Lipinski definition) is 0. The second-order valence-electron chi connectivity index (χ2n) is 4.04. The van der Waals surface area contributed by atoms with Crippen molar-refractivity contribution in [2.75, 3.05) is 0 Å². The fourth-order valence-electron chi connectivity index (χ4n) is 1.44. The third-order valence-electron chi connectivity index (χ3n) is 2.21. The Hall–Kier alpha value is -1.11. The Labute approximate surface area is 86.1 Å². The van der Waals surface area contributed by atoms with Crippen LogP contribution >= 0.6 is 0 Å². The summed E-state index contributed by atoms with van der Waals surface area (Å²) in [5.41, 5.74) is 3.03. The molecule has 0 amide bonds. The quantitative estimate of drug-likeness (QED) is 0.662. The SMILES string of the molecule is CC(C)=O.Cc1ccccc1C1CC1. The number of carbonyl (C=O) groups is 1. The summed E-state index contributed by atoms with van der Waals surface area (Å²) in [7, 11) is 0. The van der Waals surface area contributed by atoms with Crippen molar-refractivity contribution in [2.24, 2.45) is 0 Å². The molecule has 0 bridgehead atoms. The Kier molecular flexibility index (Phi) is 3.87. The van der Waals surface area contributed by atoms with Gasteiger partial charge in [-0.2, -0.15) is 0 Å². The van der Waals surface area contributed by atoms with E-state index in [4.69, 9.17) is 0 Å². The molecule has 1 aliphatic carbocycles. The average Bonchev–Trinajstić information content (AvgIpc) is 2.87. The van der Waals surface area contributed by atoms with Gasteiger partial charge >= 0.3 is 0 Å². The second kappa shape index (κ2) is 4.94. The lowest BCUT2D eigenvalue weighted by Crippen LogP contribution is -1.82. The van der Waals surface area contributed by atoms with E-state index in [1.54, 1.807) is 5.56 Å². The summed E-state index contributed by atoms with van der Waals surface area (Å²) >= 11 is 0. The maximum atomic E-state index is 9.44. The molecule has 0 saturated heterocycles. The van der Waals surface area contributed by atoms with Crippen molar-refractivity contribution in [1.29, 1.82) is 0 Å². The van der Waals surface area contributed by atoms with Crippen molar-refractivity contribution in [3.63, 3.8) is 0 Å². The minimum absolute atomic E-state index is 0.167. The van der Waals surface area contributed by atoms with E-state index >= 15 is 0 Å². The van der Waals surface area contributed by atoms with Crippen molar-refractivity contribution in [1.82, 2.24) is 0 Å². The summed E-state index contributed by atoms with van der Waals surface area (Å²) in [6.45, 7) is 5.26. The highest BCUT2D eigenvalue weighted by molar-refractivity contribution is 5.72. The topological polar surface area (TPSA) is 17.1 Å². The number of aryl methyl sites for hydroxylation is 1. The van der Waals surface area contributed by atoms with Crippen LogP contribution in [0.5, 0.6) is 0 Å². The van der Waals surface area contributed by atoms with Crippen LogP contribution < -0.4 is 0 Å². The van der Waals surface area contributed by atoms with E-state index in [2.05, 4.69) is 31.2 Å². The first-order valence-corrected chi connectivity index (χ1v) is 5.14. The van der Waals surface area contributed by atoms with Gasteiger partial charge in [0.2, 0.25) is 0 Å².